The maximum absolute atomic E-state index is 12.0. The smallest absolute Gasteiger partial charge is 0.330 e. The van der Waals surface area contributed by atoms with Crippen LogP contribution in [0.15, 0.2) is 35.7 Å². The molecule has 0 spiro atoms. The quantitative estimate of drug-likeness (QED) is 0.766. The second-order valence-electron chi connectivity index (χ2n) is 3.99. The first-order chi connectivity index (χ1) is 9.61. The van der Waals surface area contributed by atoms with Crippen molar-refractivity contribution in [1.29, 1.82) is 0 Å². The van der Waals surface area contributed by atoms with Crippen molar-refractivity contribution in [1.82, 2.24) is 10.3 Å². The predicted octanol–water partition coefficient (Wildman–Crippen LogP) is 1.16. The summed E-state index contributed by atoms with van der Waals surface area (Å²) in [5.41, 5.74) is 6.11. The standard InChI is InChI=1S/C13H13N3O3S/c14-6-10-15-9(7-20-10)12(17)16-11(13(18)19)8-4-2-1-3-5-8/h1-5,7,11H,6,14H2,(H,16,17)(H,18,19). The van der Waals surface area contributed by atoms with Crippen LogP contribution >= 0.6 is 11.3 Å². The molecule has 2 aromatic rings. The van der Waals surface area contributed by atoms with Gasteiger partial charge < -0.3 is 16.2 Å². The fraction of sp³-hybridized carbons (Fsp3) is 0.154. The Kier molecular flexibility index (Phi) is 4.44. The molecule has 4 N–H and O–H groups in total. The van der Waals surface area contributed by atoms with E-state index in [2.05, 4.69) is 10.3 Å². The molecule has 0 fully saturated rings. The first kappa shape index (κ1) is 14.2. The minimum absolute atomic E-state index is 0.178. The van der Waals surface area contributed by atoms with Crippen molar-refractivity contribution in [2.75, 3.05) is 0 Å². The number of carboxylic acid groups (broad SMARTS) is 1. The van der Waals surface area contributed by atoms with Crippen LogP contribution in [-0.4, -0.2) is 22.0 Å². The second-order valence-corrected chi connectivity index (χ2v) is 4.93. The first-order valence-corrected chi connectivity index (χ1v) is 6.73. The highest BCUT2D eigenvalue weighted by molar-refractivity contribution is 7.09. The van der Waals surface area contributed by atoms with E-state index in [0.717, 1.165) is 0 Å². The van der Waals surface area contributed by atoms with E-state index in [4.69, 9.17) is 5.73 Å². The van der Waals surface area contributed by atoms with Crippen LogP contribution in [0.1, 0.15) is 27.1 Å². The van der Waals surface area contributed by atoms with Gasteiger partial charge in [-0.3, -0.25) is 4.79 Å². The zero-order valence-corrected chi connectivity index (χ0v) is 11.3. The van der Waals surface area contributed by atoms with Gasteiger partial charge in [-0.1, -0.05) is 30.3 Å². The zero-order valence-electron chi connectivity index (χ0n) is 10.4. The topological polar surface area (TPSA) is 105 Å². The van der Waals surface area contributed by atoms with Crippen LogP contribution in [0.2, 0.25) is 0 Å². The highest BCUT2D eigenvalue weighted by Crippen LogP contribution is 2.15. The molecule has 7 heteroatoms. The lowest BCUT2D eigenvalue weighted by molar-refractivity contribution is -0.139. The number of hydrogen-bond donors (Lipinski definition) is 3. The van der Waals surface area contributed by atoms with Gasteiger partial charge in [-0.25, -0.2) is 9.78 Å². The van der Waals surface area contributed by atoms with Crippen LogP contribution in [-0.2, 0) is 11.3 Å². The SMILES string of the molecule is NCc1nc(C(=O)NC(C(=O)O)c2ccccc2)cs1. The van der Waals surface area contributed by atoms with Crippen molar-refractivity contribution in [3.05, 3.63) is 52.0 Å². The number of aliphatic carboxylic acids is 1. The number of nitrogens with zero attached hydrogens (tertiary/aromatic N) is 1. The lowest BCUT2D eigenvalue weighted by Gasteiger charge is -2.13. The van der Waals surface area contributed by atoms with Gasteiger partial charge in [0, 0.05) is 11.9 Å². The van der Waals surface area contributed by atoms with Gasteiger partial charge in [-0.2, -0.15) is 0 Å². The van der Waals surface area contributed by atoms with Crippen molar-refractivity contribution >= 4 is 23.2 Å². The molecule has 0 aliphatic heterocycles. The molecular weight excluding hydrogens is 278 g/mol. The first-order valence-electron chi connectivity index (χ1n) is 5.85. The van der Waals surface area contributed by atoms with E-state index in [9.17, 15) is 14.7 Å². The second kappa shape index (κ2) is 6.27. The number of carbonyl (C=O) groups excluding carboxylic acids is 1. The Hall–Kier alpha value is -2.25. The van der Waals surface area contributed by atoms with E-state index in [1.807, 2.05) is 0 Å². The van der Waals surface area contributed by atoms with Crippen molar-refractivity contribution in [3.8, 4) is 0 Å². The zero-order chi connectivity index (χ0) is 14.5. The highest BCUT2D eigenvalue weighted by Gasteiger charge is 2.23. The molecule has 6 nitrogen and oxygen atoms in total. The number of rotatable bonds is 5. The number of nitrogens with one attached hydrogen (secondary N) is 1. The van der Waals surface area contributed by atoms with Gasteiger partial charge in [-0.15, -0.1) is 11.3 Å². The molecule has 1 unspecified atom stereocenters. The molecule has 1 aromatic carbocycles. The van der Waals surface area contributed by atoms with Crippen LogP contribution in [0.3, 0.4) is 0 Å². The molecule has 2 rings (SSSR count). The van der Waals surface area contributed by atoms with Gasteiger partial charge in [0.1, 0.15) is 10.7 Å². The summed E-state index contributed by atoms with van der Waals surface area (Å²) < 4.78 is 0. The predicted molar refractivity (Wildman–Crippen MR) is 74.3 cm³/mol. The third-order valence-electron chi connectivity index (χ3n) is 2.61. The third kappa shape index (κ3) is 3.19. The molecular formula is C13H13N3O3S. The Balaban J connectivity index is 2.16. The molecule has 1 aromatic heterocycles. The van der Waals surface area contributed by atoms with Crippen LogP contribution in [0, 0.1) is 0 Å². The summed E-state index contributed by atoms with van der Waals surface area (Å²) in [6.07, 6.45) is 0. The highest BCUT2D eigenvalue weighted by atomic mass is 32.1. The summed E-state index contributed by atoms with van der Waals surface area (Å²) in [4.78, 5) is 27.3. The summed E-state index contributed by atoms with van der Waals surface area (Å²) in [7, 11) is 0. The number of carboxylic acids is 1. The minimum atomic E-state index is -1.13. The molecule has 20 heavy (non-hydrogen) atoms. The maximum atomic E-state index is 12.0. The van der Waals surface area contributed by atoms with E-state index < -0.39 is 17.9 Å². The van der Waals surface area contributed by atoms with Crippen LogP contribution in [0.25, 0.3) is 0 Å². The number of aromatic nitrogens is 1. The van der Waals surface area contributed by atoms with Gasteiger partial charge in [0.05, 0.1) is 0 Å². The number of hydrogen-bond acceptors (Lipinski definition) is 5. The molecule has 0 aliphatic carbocycles. The average Bonchev–Trinajstić information content (AvgIpc) is 2.94. The summed E-state index contributed by atoms with van der Waals surface area (Å²) in [5, 5.41) is 13.9. The normalized spacial score (nSPS) is 11.8. The summed E-state index contributed by atoms with van der Waals surface area (Å²) in [6.45, 7) is 0.249. The van der Waals surface area contributed by atoms with Crippen molar-refractivity contribution in [2.24, 2.45) is 5.73 Å². The van der Waals surface area contributed by atoms with Gasteiger partial charge in [0.2, 0.25) is 0 Å². The van der Waals surface area contributed by atoms with Crippen LogP contribution in [0.5, 0.6) is 0 Å². The van der Waals surface area contributed by atoms with E-state index in [-0.39, 0.29) is 12.2 Å². The fourth-order valence-electron chi connectivity index (χ4n) is 1.65. The van der Waals surface area contributed by atoms with Gasteiger partial charge in [0.25, 0.3) is 5.91 Å². The Labute approximate surface area is 119 Å². The number of nitrogens with two attached hydrogens (primary N) is 1. The molecule has 0 saturated heterocycles. The van der Waals surface area contributed by atoms with Crippen molar-refractivity contribution in [3.63, 3.8) is 0 Å². The summed E-state index contributed by atoms with van der Waals surface area (Å²) >= 11 is 1.26. The average molecular weight is 291 g/mol. The molecule has 0 radical (unpaired) electrons. The Bertz CT molecular complexity index is 612. The van der Waals surface area contributed by atoms with E-state index >= 15 is 0 Å². The van der Waals surface area contributed by atoms with Gasteiger partial charge in [0.15, 0.2) is 6.04 Å². The van der Waals surface area contributed by atoms with Gasteiger partial charge >= 0.3 is 5.97 Å². The molecule has 1 atom stereocenters. The minimum Gasteiger partial charge on any atom is -0.479 e. The van der Waals surface area contributed by atoms with Gasteiger partial charge in [-0.05, 0) is 5.56 Å². The number of thiazole rings is 1. The lowest BCUT2D eigenvalue weighted by atomic mass is 10.1. The monoisotopic (exact) mass is 291 g/mol. The fourth-order valence-corrected chi connectivity index (χ4v) is 2.30. The van der Waals surface area contributed by atoms with Crippen LogP contribution < -0.4 is 11.1 Å². The van der Waals surface area contributed by atoms with Crippen molar-refractivity contribution < 1.29 is 14.7 Å². The Morgan fingerprint density at radius 1 is 1.35 bits per heavy atom. The largest absolute Gasteiger partial charge is 0.479 e. The number of carbonyl (C=O) groups is 2. The van der Waals surface area contributed by atoms with E-state index in [1.165, 1.54) is 11.3 Å². The van der Waals surface area contributed by atoms with Crippen LogP contribution in [0.4, 0.5) is 0 Å². The van der Waals surface area contributed by atoms with E-state index in [0.29, 0.717) is 10.6 Å². The maximum Gasteiger partial charge on any atom is 0.330 e. The number of benzene rings is 1. The molecule has 104 valence electrons. The Morgan fingerprint density at radius 3 is 2.60 bits per heavy atom. The summed E-state index contributed by atoms with van der Waals surface area (Å²) in [6, 6.07) is 7.39. The molecule has 0 aliphatic rings. The Morgan fingerprint density at radius 2 is 2.05 bits per heavy atom. The molecule has 0 saturated carbocycles. The third-order valence-corrected chi connectivity index (χ3v) is 3.49. The van der Waals surface area contributed by atoms with Crippen molar-refractivity contribution in [2.45, 2.75) is 12.6 Å². The van der Waals surface area contributed by atoms with E-state index in [1.54, 1.807) is 35.7 Å². The molecule has 1 heterocycles. The molecule has 1 amide bonds. The number of amides is 1. The summed E-state index contributed by atoms with van der Waals surface area (Å²) in [5.74, 6) is -1.66. The lowest BCUT2D eigenvalue weighted by Crippen LogP contribution is -2.33. The molecule has 0 bridgehead atoms.